The predicted octanol–water partition coefficient (Wildman–Crippen LogP) is 2.19. The summed E-state index contributed by atoms with van der Waals surface area (Å²) in [6.07, 6.45) is 5.38. The van der Waals surface area contributed by atoms with Gasteiger partial charge in [-0.2, -0.15) is 0 Å². The van der Waals surface area contributed by atoms with Crippen molar-refractivity contribution >= 4 is 11.7 Å². The number of carbonyl (C=O) groups is 1. The molecular weight excluding hydrogens is 434 g/mol. The summed E-state index contributed by atoms with van der Waals surface area (Å²) >= 11 is 0. The normalized spacial score (nSPS) is 18.8. The van der Waals surface area contributed by atoms with Crippen LogP contribution in [0.4, 0.5) is 5.82 Å². The Hall–Kier alpha value is -3.37. The van der Waals surface area contributed by atoms with Crippen molar-refractivity contribution in [3.8, 4) is 11.4 Å². The minimum Gasteiger partial charge on any atom is -0.382 e. The lowest BCUT2D eigenvalue weighted by Gasteiger charge is -2.35. The second-order valence-electron chi connectivity index (χ2n) is 8.83. The van der Waals surface area contributed by atoms with Crippen LogP contribution in [0.15, 0.2) is 30.6 Å². The van der Waals surface area contributed by atoms with Gasteiger partial charge in [-0.1, -0.05) is 6.07 Å². The molecule has 3 aromatic heterocycles. The molecule has 2 N–H and O–H groups in total. The Bertz CT molecular complexity index is 1190. The van der Waals surface area contributed by atoms with Crippen molar-refractivity contribution in [3.63, 3.8) is 0 Å². The first-order valence-electron chi connectivity index (χ1n) is 11.5. The summed E-state index contributed by atoms with van der Waals surface area (Å²) in [6, 6.07) is 5.66. The number of imidazole rings is 1. The van der Waals surface area contributed by atoms with Crippen LogP contribution in [0.3, 0.4) is 0 Å². The molecule has 5 heterocycles. The fourth-order valence-electron chi connectivity index (χ4n) is 4.65. The van der Waals surface area contributed by atoms with Crippen LogP contribution in [-0.2, 0) is 22.6 Å². The standard InChI is InChI=1S/C24H29N7O3/c1-15-4-3-5-17(27-15)11-31-18(14-33-2)12-30-13-20(29-23(30)24(31)32)21-22(25)26-10-19(28-21)16-6-8-34-9-7-16/h3-5,10,13,16,18H,6-9,11-12,14H2,1-2H3,(H2,25,26). The van der Waals surface area contributed by atoms with Gasteiger partial charge in [0.05, 0.1) is 36.8 Å². The molecule has 0 aliphatic carbocycles. The van der Waals surface area contributed by atoms with E-state index in [0.717, 1.165) is 29.9 Å². The highest BCUT2D eigenvalue weighted by molar-refractivity contribution is 5.92. The number of carbonyl (C=O) groups excluding carboxylic acids is 1. The number of aromatic nitrogens is 5. The molecule has 0 bridgehead atoms. The summed E-state index contributed by atoms with van der Waals surface area (Å²) < 4.78 is 12.8. The molecule has 5 rings (SSSR count). The summed E-state index contributed by atoms with van der Waals surface area (Å²) in [5.74, 6) is 0.762. The predicted molar refractivity (Wildman–Crippen MR) is 125 cm³/mol. The van der Waals surface area contributed by atoms with Gasteiger partial charge in [0, 0.05) is 44.7 Å². The Labute approximate surface area is 198 Å². The lowest BCUT2D eigenvalue weighted by molar-refractivity contribution is 0.0376. The van der Waals surface area contributed by atoms with E-state index in [0.29, 0.717) is 55.9 Å². The average molecular weight is 464 g/mol. The average Bonchev–Trinajstić information content (AvgIpc) is 3.27. The summed E-state index contributed by atoms with van der Waals surface area (Å²) in [5.41, 5.74) is 9.87. The van der Waals surface area contributed by atoms with E-state index < -0.39 is 0 Å². The summed E-state index contributed by atoms with van der Waals surface area (Å²) in [5, 5.41) is 0. The Balaban J connectivity index is 1.46. The van der Waals surface area contributed by atoms with Crippen molar-refractivity contribution in [2.24, 2.45) is 0 Å². The lowest BCUT2D eigenvalue weighted by atomic mass is 9.97. The van der Waals surface area contributed by atoms with E-state index in [1.165, 1.54) is 0 Å². The van der Waals surface area contributed by atoms with E-state index in [2.05, 4.69) is 15.0 Å². The topological polar surface area (TPSA) is 121 Å². The van der Waals surface area contributed by atoms with E-state index in [4.69, 9.17) is 20.2 Å². The fraction of sp³-hybridized carbons (Fsp3) is 0.458. The number of hydrogen-bond donors (Lipinski definition) is 1. The van der Waals surface area contributed by atoms with Gasteiger partial charge in [0.15, 0.2) is 11.6 Å². The zero-order chi connectivity index (χ0) is 23.7. The first-order chi connectivity index (χ1) is 16.5. The number of anilines is 1. The number of nitrogen functional groups attached to an aromatic ring is 1. The minimum atomic E-state index is -0.171. The van der Waals surface area contributed by atoms with Gasteiger partial charge in [-0.3, -0.25) is 9.78 Å². The van der Waals surface area contributed by atoms with Gasteiger partial charge in [-0.25, -0.2) is 15.0 Å². The second-order valence-corrected chi connectivity index (χ2v) is 8.83. The number of nitrogens with two attached hydrogens (primary N) is 1. The van der Waals surface area contributed by atoms with Gasteiger partial charge >= 0.3 is 0 Å². The van der Waals surface area contributed by atoms with Crippen LogP contribution < -0.4 is 5.73 Å². The monoisotopic (exact) mass is 463 g/mol. The SMILES string of the molecule is COCC1Cn2cc(-c3nc(C4CCOCC4)cnc3N)nc2C(=O)N1Cc1cccc(C)n1. The quantitative estimate of drug-likeness (QED) is 0.590. The third kappa shape index (κ3) is 4.38. The van der Waals surface area contributed by atoms with Gasteiger partial charge in [0.25, 0.3) is 5.91 Å². The molecule has 1 unspecified atom stereocenters. The van der Waals surface area contributed by atoms with Crippen molar-refractivity contribution in [2.45, 2.75) is 44.8 Å². The maximum absolute atomic E-state index is 13.5. The summed E-state index contributed by atoms with van der Waals surface area (Å²) in [6.45, 7) is 4.72. The molecule has 2 aliphatic rings. The van der Waals surface area contributed by atoms with E-state index in [1.54, 1.807) is 18.2 Å². The molecule has 1 saturated heterocycles. The Morgan fingerprint density at radius 1 is 1.21 bits per heavy atom. The number of pyridine rings is 1. The van der Waals surface area contributed by atoms with Gasteiger partial charge < -0.3 is 24.7 Å². The largest absolute Gasteiger partial charge is 0.382 e. The molecule has 3 aromatic rings. The summed E-state index contributed by atoms with van der Waals surface area (Å²) in [7, 11) is 1.64. The molecule has 0 spiro atoms. The molecule has 0 aromatic carbocycles. The summed E-state index contributed by atoms with van der Waals surface area (Å²) in [4.78, 5) is 33.7. The third-order valence-electron chi connectivity index (χ3n) is 6.42. The highest BCUT2D eigenvalue weighted by atomic mass is 16.5. The number of hydrogen-bond acceptors (Lipinski definition) is 8. The molecule has 178 valence electrons. The zero-order valence-electron chi connectivity index (χ0n) is 19.5. The second kappa shape index (κ2) is 9.47. The number of aryl methyl sites for hydroxylation is 1. The minimum absolute atomic E-state index is 0.147. The van der Waals surface area contributed by atoms with Crippen LogP contribution in [0, 0.1) is 6.92 Å². The highest BCUT2D eigenvalue weighted by Gasteiger charge is 2.35. The zero-order valence-corrected chi connectivity index (χ0v) is 19.5. The van der Waals surface area contributed by atoms with Crippen molar-refractivity contribution in [2.75, 3.05) is 32.7 Å². The highest BCUT2D eigenvalue weighted by Crippen LogP contribution is 2.30. The third-order valence-corrected chi connectivity index (χ3v) is 6.42. The number of fused-ring (bicyclic) bond motifs is 1. The molecule has 0 radical (unpaired) electrons. The number of nitrogens with zero attached hydrogens (tertiary/aromatic N) is 6. The maximum Gasteiger partial charge on any atom is 0.290 e. The number of rotatable bonds is 6. The van der Waals surface area contributed by atoms with Crippen molar-refractivity contribution in [1.29, 1.82) is 0 Å². The van der Waals surface area contributed by atoms with Gasteiger partial charge in [0.2, 0.25) is 0 Å². The Morgan fingerprint density at radius 2 is 2.03 bits per heavy atom. The number of methoxy groups -OCH3 is 1. The van der Waals surface area contributed by atoms with Crippen LogP contribution >= 0.6 is 0 Å². The first-order valence-corrected chi connectivity index (χ1v) is 11.5. The molecule has 10 heteroatoms. The Morgan fingerprint density at radius 3 is 2.79 bits per heavy atom. The molecule has 1 atom stereocenters. The first kappa shape index (κ1) is 22.4. The van der Waals surface area contributed by atoms with E-state index in [9.17, 15) is 4.79 Å². The molecular formula is C24H29N7O3. The van der Waals surface area contributed by atoms with Crippen LogP contribution in [0.1, 0.15) is 46.5 Å². The van der Waals surface area contributed by atoms with Crippen LogP contribution in [0.25, 0.3) is 11.4 Å². The van der Waals surface area contributed by atoms with Crippen LogP contribution in [0.2, 0.25) is 0 Å². The van der Waals surface area contributed by atoms with Crippen LogP contribution in [-0.4, -0.2) is 68.3 Å². The Kier molecular flexibility index (Phi) is 6.25. The lowest BCUT2D eigenvalue weighted by Crippen LogP contribution is -2.49. The van der Waals surface area contributed by atoms with E-state index in [1.807, 2.05) is 35.9 Å². The molecule has 10 nitrogen and oxygen atoms in total. The van der Waals surface area contributed by atoms with Crippen molar-refractivity contribution in [3.05, 3.63) is 53.5 Å². The van der Waals surface area contributed by atoms with Crippen LogP contribution in [0.5, 0.6) is 0 Å². The van der Waals surface area contributed by atoms with E-state index in [-0.39, 0.29) is 17.9 Å². The molecule has 0 saturated carbocycles. The maximum atomic E-state index is 13.5. The molecule has 1 fully saturated rings. The number of ether oxygens (including phenoxy) is 2. The van der Waals surface area contributed by atoms with E-state index >= 15 is 0 Å². The van der Waals surface area contributed by atoms with Gasteiger partial charge in [0.1, 0.15) is 11.4 Å². The molecule has 34 heavy (non-hydrogen) atoms. The number of amides is 1. The smallest absolute Gasteiger partial charge is 0.290 e. The van der Waals surface area contributed by atoms with Gasteiger partial charge in [-0.05, 0) is 31.9 Å². The van der Waals surface area contributed by atoms with Gasteiger partial charge in [-0.15, -0.1) is 0 Å². The van der Waals surface area contributed by atoms with Crippen molar-refractivity contribution < 1.29 is 14.3 Å². The molecule has 2 aliphatic heterocycles. The van der Waals surface area contributed by atoms with Crippen molar-refractivity contribution in [1.82, 2.24) is 29.4 Å². The molecule has 1 amide bonds. The fourth-order valence-corrected chi connectivity index (χ4v) is 4.65.